The van der Waals surface area contributed by atoms with E-state index in [1.165, 1.54) is 4.90 Å². The van der Waals surface area contributed by atoms with Gasteiger partial charge in [-0.15, -0.1) is 0 Å². The Morgan fingerprint density at radius 3 is 2.43 bits per heavy atom. The molecule has 0 spiro atoms. The summed E-state index contributed by atoms with van der Waals surface area (Å²) < 4.78 is 10.9. The Kier molecular flexibility index (Phi) is 7.12. The lowest BCUT2D eigenvalue weighted by Crippen LogP contribution is -2.29. The molecule has 1 aliphatic heterocycles. The second kappa shape index (κ2) is 10.2. The molecule has 0 saturated carbocycles. The third-order valence-electron chi connectivity index (χ3n) is 5.98. The summed E-state index contributed by atoms with van der Waals surface area (Å²) >= 11 is 6.21. The summed E-state index contributed by atoms with van der Waals surface area (Å²) in [7, 11) is 1.54. The Bertz CT molecular complexity index is 1300. The highest BCUT2D eigenvalue weighted by Gasteiger charge is 2.47. The van der Waals surface area contributed by atoms with E-state index in [1.807, 2.05) is 38.1 Å². The Morgan fingerprint density at radius 2 is 1.77 bits per heavy atom. The van der Waals surface area contributed by atoms with Crippen LogP contribution < -0.4 is 14.4 Å². The average molecular weight is 492 g/mol. The molecule has 35 heavy (non-hydrogen) atoms. The Balaban J connectivity index is 1.92. The minimum absolute atomic E-state index is 0.0207. The number of hydrogen-bond acceptors (Lipinski definition) is 5. The van der Waals surface area contributed by atoms with Crippen molar-refractivity contribution in [2.24, 2.45) is 0 Å². The molecule has 0 bridgehead atoms. The van der Waals surface area contributed by atoms with E-state index in [0.717, 1.165) is 12.0 Å². The van der Waals surface area contributed by atoms with Crippen LogP contribution >= 0.6 is 11.6 Å². The Morgan fingerprint density at radius 1 is 1.03 bits per heavy atom. The number of carbonyl (C=O) groups excluding carboxylic acids is 2. The topological polar surface area (TPSA) is 76.1 Å². The standard InChI is InChI=1S/C28H26ClNO5/c1-4-17-9-12-20(13-10-17)30-25(18-7-6-8-21(15-18)34-3)24(27(32)28(30)33)26(31)19-11-14-22(29)23(16-19)35-5-2/h6-16,25,31H,4-5H2,1-3H3/b26-24-. The van der Waals surface area contributed by atoms with E-state index >= 15 is 0 Å². The molecule has 0 aromatic heterocycles. The molecule has 1 saturated heterocycles. The van der Waals surface area contributed by atoms with Crippen LogP contribution in [0.15, 0.2) is 72.3 Å². The van der Waals surface area contributed by atoms with Gasteiger partial charge in [0.15, 0.2) is 0 Å². The number of carbonyl (C=O) groups is 2. The van der Waals surface area contributed by atoms with Crippen molar-refractivity contribution in [1.29, 1.82) is 0 Å². The smallest absolute Gasteiger partial charge is 0.300 e. The zero-order chi connectivity index (χ0) is 25.1. The van der Waals surface area contributed by atoms with Crippen molar-refractivity contribution in [2.45, 2.75) is 26.3 Å². The zero-order valence-corrected chi connectivity index (χ0v) is 20.5. The van der Waals surface area contributed by atoms with Crippen molar-refractivity contribution in [3.63, 3.8) is 0 Å². The molecule has 1 heterocycles. The number of methoxy groups -OCH3 is 1. The fraction of sp³-hybridized carbons (Fsp3) is 0.214. The van der Waals surface area contributed by atoms with Crippen LogP contribution in [0.3, 0.4) is 0 Å². The van der Waals surface area contributed by atoms with Crippen molar-refractivity contribution in [3.05, 3.63) is 94.0 Å². The number of amides is 1. The van der Waals surface area contributed by atoms with Gasteiger partial charge < -0.3 is 14.6 Å². The number of anilines is 1. The highest BCUT2D eigenvalue weighted by atomic mass is 35.5. The van der Waals surface area contributed by atoms with Gasteiger partial charge in [-0.1, -0.05) is 42.8 Å². The summed E-state index contributed by atoms with van der Waals surface area (Å²) in [6, 6.07) is 18.5. The van der Waals surface area contributed by atoms with Crippen LogP contribution in [-0.2, 0) is 16.0 Å². The Hall–Kier alpha value is -3.77. The molecule has 0 radical (unpaired) electrons. The molecule has 3 aromatic rings. The molecular weight excluding hydrogens is 466 g/mol. The molecule has 7 heteroatoms. The summed E-state index contributed by atoms with van der Waals surface area (Å²) in [5.41, 5.74) is 2.59. The molecule has 4 rings (SSSR count). The van der Waals surface area contributed by atoms with Gasteiger partial charge in [-0.3, -0.25) is 14.5 Å². The molecule has 1 amide bonds. The largest absolute Gasteiger partial charge is 0.507 e. The lowest BCUT2D eigenvalue weighted by Gasteiger charge is -2.26. The molecule has 1 unspecified atom stereocenters. The lowest BCUT2D eigenvalue weighted by molar-refractivity contribution is -0.132. The van der Waals surface area contributed by atoms with Crippen LogP contribution in [0.5, 0.6) is 11.5 Å². The van der Waals surface area contributed by atoms with Crippen molar-refractivity contribution in [3.8, 4) is 11.5 Å². The van der Waals surface area contributed by atoms with Gasteiger partial charge in [0.05, 0.1) is 30.4 Å². The number of ether oxygens (including phenoxy) is 2. The van der Waals surface area contributed by atoms with Gasteiger partial charge in [0.1, 0.15) is 17.3 Å². The molecule has 1 atom stereocenters. The van der Waals surface area contributed by atoms with E-state index < -0.39 is 17.7 Å². The fourth-order valence-electron chi connectivity index (χ4n) is 4.19. The number of ketones is 1. The highest BCUT2D eigenvalue weighted by Crippen LogP contribution is 2.43. The predicted molar refractivity (Wildman–Crippen MR) is 136 cm³/mol. The number of aliphatic hydroxyl groups excluding tert-OH is 1. The molecule has 180 valence electrons. The van der Waals surface area contributed by atoms with Crippen molar-refractivity contribution >= 4 is 34.7 Å². The van der Waals surface area contributed by atoms with E-state index in [2.05, 4.69) is 0 Å². The molecule has 1 fully saturated rings. The maximum atomic E-state index is 13.3. The van der Waals surface area contributed by atoms with E-state index in [-0.39, 0.29) is 11.3 Å². The van der Waals surface area contributed by atoms with Gasteiger partial charge in [-0.2, -0.15) is 0 Å². The molecule has 0 aliphatic carbocycles. The number of halogens is 1. The molecule has 3 aromatic carbocycles. The SMILES string of the molecule is CCOc1cc(/C(O)=C2/C(=O)C(=O)N(c3ccc(CC)cc3)C2c2cccc(OC)c2)ccc1Cl. The third kappa shape index (κ3) is 4.62. The summed E-state index contributed by atoms with van der Waals surface area (Å²) in [5, 5.41) is 11.7. The summed E-state index contributed by atoms with van der Waals surface area (Å²) in [6.45, 7) is 4.24. The maximum absolute atomic E-state index is 13.3. The van der Waals surface area contributed by atoms with Gasteiger partial charge in [0.2, 0.25) is 0 Å². The third-order valence-corrected chi connectivity index (χ3v) is 6.29. The second-order valence-corrected chi connectivity index (χ2v) is 8.45. The van der Waals surface area contributed by atoms with Crippen LogP contribution in [0.1, 0.15) is 36.6 Å². The summed E-state index contributed by atoms with van der Waals surface area (Å²) in [5.74, 6) is -0.855. The first kappa shape index (κ1) is 24.4. The van der Waals surface area contributed by atoms with Gasteiger partial charge in [0.25, 0.3) is 11.7 Å². The van der Waals surface area contributed by atoms with Crippen LogP contribution in [-0.4, -0.2) is 30.5 Å². The summed E-state index contributed by atoms with van der Waals surface area (Å²) in [4.78, 5) is 28.1. The van der Waals surface area contributed by atoms with E-state index in [4.69, 9.17) is 21.1 Å². The van der Waals surface area contributed by atoms with E-state index in [1.54, 1.807) is 49.6 Å². The Labute approximate surface area is 209 Å². The number of rotatable bonds is 7. The fourth-order valence-corrected chi connectivity index (χ4v) is 4.36. The number of Topliss-reactive ketones (excluding diaryl/α,β-unsaturated/α-hetero) is 1. The molecule has 1 aliphatic rings. The normalized spacial score (nSPS) is 17.0. The molecule has 1 N–H and O–H groups in total. The van der Waals surface area contributed by atoms with Gasteiger partial charge in [-0.05, 0) is 66.9 Å². The van der Waals surface area contributed by atoms with Gasteiger partial charge >= 0.3 is 0 Å². The van der Waals surface area contributed by atoms with Crippen molar-refractivity contribution in [2.75, 3.05) is 18.6 Å². The first-order chi connectivity index (χ1) is 16.9. The van der Waals surface area contributed by atoms with Crippen molar-refractivity contribution < 1.29 is 24.2 Å². The number of benzene rings is 3. The minimum Gasteiger partial charge on any atom is -0.507 e. The maximum Gasteiger partial charge on any atom is 0.300 e. The number of aryl methyl sites for hydroxylation is 1. The number of hydrogen-bond donors (Lipinski definition) is 1. The number of aliphatic hydroxyl groups is 1. The first-order valence-corrected chi connectivity index (χ1v) is 11.7. The van der Waals surface area contributed by atoms with Gasteiger partial charge in [0, 0.05) is 11.3 Å². The van der Waals surface area contributed by atoms with Gasteiger partial charge in [-0.25, -0.2) is 0 Å². The van der Waals surface area contributed by atoms with E-state index in [0.29, 0.717) is 39.9 Å². The predicted octanol–water partition coefficient (Wildman–Crippen LogP) is 5.94. The second-order valence-electron chi connectivity index (χ2n) is 8.04. The molecular formula is C28H26ClNO5. The van der Waals surface area contributed by atoms with Crippen LogP contribution in [0.2, 0.25) is 5.02 Å². The lowest BCUT2D eigenvalue weighted by atomic mass is 9.95. The van der Waals surface area contributed by atoms with Crippen LogP contribution in [0.25, 0.3) is 5.76 Å². The summed E-state index contributed by atoms with van der Waals surface area (Å²) in [6.07, 6.45) is 0.844. The quantitative estimate of drug-likeness (QED) is 0.251. The first-order valence-electron chi connectivity index (χ1n) is 11.4. The van der Waals surface area contributed by atoms with Crippen LogP contribution in [0, 0.1) is 0 Å². The average Bonchev–Trinajstić information content (AvgIpc) is 3.15. The monoisotopic (exact) mass is 491 g/mol. The van der Waals surface area contributed by atoms with Crippen molar-refractivity contribution in [1.82, 2.24) is 0 Å². The highest BCUT2D eigenvalue weighted by molar-refractivity contribution is 6.51. The number of nitrogens with zero attached hydrogens (tertiary/aromatic N) is 1. The molecule has 6 nitrogen and oxygen atoms in total. The zero-order valence-electron chi connectivity index (χ0n) is 19.7. The minimum atomic E-state index is -0.858. The van der Waals surface area contributed by atoms with E-state index in [9.17, 15) is 14.7 Å². The van der Waals surface area contributed by atoms with Crippen LogP contribution in [0.4, 0.5) is 5.69 Å².